The average Bonchev–Trinajstić information content (AvgIpc) is 3.30. The first-order chi connectivity index (χ1) is 17.0. The van der Waals surface area contributed by atoms with Crippen LogP contribution in [0.2, 0.25) is 0 Å². The van der Waals surface area contributed by atoms with Crippen molar-refractivity contribution in [2.24, 2.45) is 0 Å². The minimum atomic E-state index is -0.254. The number of amides is 1. The molecular weight excluding hydrogens is 435 g/mol. The molecule has 3 aromatic rings. The summed E-state index contributed by atoms with van der Waals surface area (Å²) in [5.74, 6) is -0.185. The molecule has 2 aliphatic rings. The summed E-state index contributed by atoms with van der Waals surface area (Å²) in [6.45, 7) is 5.85. The van der Waals surface area contributed by atoms with Gasteiger partial charge in [0.05, 0.1) is 12.6 Å². The van der Waals surface area contributed by atoms with E-state index < -0.39 is 0 Å². The third kappa shape index (κ3) is 4.94. The molecule has 0 saturated heterocycles. The molecule has 0 radical (unpaired) electrons. The Hall–Kier alpha value is -3.24. The predicted molar refractivity (Wildman–Crippen MR) is 138 cm³/mol. The highest BCUT2D eigenvalue weighted by Gasteiger charge is 2.34. The summed E-state index contributed by atoms with van der Waals surface area (Å²) in [7, 11) is 0. The van der Waals surface area contributed by atoms with Crippen LogP contribution in [0.25, 0.3) is 0 Å². The summed E-state index contributed by atoms with van der Waals surface area (Å²) >= 11 is 0. The fraction of sp³-hybridized carbons (Fsp3) is 0.323. The molecule has 3 aromatic carbocycles. The number of hydrogen-bond donors (Lipinski definition) is 0. The van der Waals surface area contributed by atoms with Gasteiger partial charge in [-0.1, -0.05) is 83.9 Å². The zero-order valence-corrected chi connectivity index (χ0v) is 20.6. The Bertz CT molecular complexity index is 1210. The van der Waals surface area contributed by atoms with Crippen LogP contribution in [-0.2, 0) is 24.2 Å². The third-order valence-corrected chi connectivity index (χ3v) is 7.77. The second-order valence-electron chi connectivity index (χ2n) is 9.94. The van der Waals surface area contributed by atoms with E-state index in [1.807, 2.05) is 17.0 Å². The SMILES string of the molecule is CC1=C(C)C(c2ccccc2)N(CC(=O)N(Cc2ccccc2F)C2Cc3ccccc3C2)CC1. The van der Waals surface area contributed by atoms with Gasteiger partial charge in [0.15, 0.2) is 0 Å². The normalized spacial score (nSPS) is 18.5. The van der Waals surface area contributed by atoms with Crippen molar-refractivity contribution in [1.82, 2.24) is 9.80 Å². The van der Waals surface area contributed by atoms with Crippen molar-refractivity contribution in [2.45, 2.75) is 51.7 Å². The first-order valence-corrected chi connectivity index (χ1v) is 12.6. The number of nitrogens with zero attached hydrogens (tertiary/aromatic N) is 2. The lowest BCUT2D eigenvalue weighted by Gasteiger charge is -2.39. The van der Waals surface area contributed by atoms with E-state index in [1.54, 1.807) is 12.1 Å². The van der Waals surface area contributed by atoms with Crippen molar-refractivity contribution >= 4 is 5.91 Å². The van der Waals surface area contributed by atoms with Crippen molar-refractivity contribution in [3.05, 3.63) is 118 Å². The monoisotopic (exact) mass is 468 g/mol. The second kappa shape index (κ2) is 10.2. The van der Waals surface area contributed by atoms with Crippen LogP contribution < -0.4 is 0 Å². The Balaban J connectivity index is 1.42. The van der Waals surface area contributed by atoms with E-state index in [4.69, 9.17) is 0 Å². The van der Waals surface area contributed by atoms with Gasteiger partial charge in [0, 0.05) is 24.7 Å². The molecular formula is C31H33FN2O. The van der Waals surface area contributed by atoms with Gasteiger partial charge in [0.2, 0.25) is 5.91 Å². The first-order valence-electron chi connectivity index (χ1n) is 12.6. The van der Waals surface area contributed by atoms with Gasteiger partial charge in [0.25, 0.3) is 0 Å². The van der Waals surface area contributed by atoms with Gasteiger partial charge in [-0.2, -0.15) is 0 Å². The molecule has 35 heavy (non-hydrogen) atoms. The molecule has 0 spiro atoms. The van der Waals surface area contributed by atoms with Gasteiger partial charge in [-0.3, -0.25) is 9.69 Å². The fourth-order valence-corrected chi connectivity index (χ4v) is 5.66. The van der Waals surface area contributed by atoms with Crippen LogP contribution in [0.1, 0.15) is 48.6 Å². The molecule has 4 heteroatoms. The third-order valence-electron chi connectivity index (χ3n) is 7.77. The summed E-state index contributed by atoms with van der Waals surface area (Å²) in [5, 5.41) is 0. The highest BCUT2D eigenvalue weighted by Crippen LogP contribution is 2.36. The molecule has 0 saturated carbocycles. The smallest absolute Gasteiger partial charge is 0.237 e. The van der Waals surface area contributed by atoms with E-state index in [0.717, 1.165) is 25.8 Å². The van der Waals surface area contributed by atoms with E-state index >= 15 is 0 Å². The van der Waals surface area contributed by atoms with Gasteiger partial charge >= 0.3 is 0 Å². The molecule has 3 nitrogen and oxygen atoms in total. The van der Waals surface area contributed by atoms with Crippen LogP contribution >= 0.6 is 0 Å². The second-order valence-corrected chi connectivity index (χ2v) is 9.94. The molecule has 0 fully saturated rings. The number of halogens is 1. The predicted octanol–water partition coefficient (Wildman–Crippen LogP) is 6.11. The summed E-state index contributed by atoms with van der Waals surface area (Å²) in [5.41, 5.74) is 7.09. The molecule has 5 rings (SSSR count). The van der Waals surface area contributed by atoms with Crippen molar-refractivity contribution in [3.8, 4) is 0 Å². The number of carbonyl (C=O) groups excluding carboxylic acids is 1. The lowest BCUT2D eigenvalue weighted by atomic mass is 9.89. The standard InChI is InChI=1S/C31H33FN2O/c1-22-16-17-33(31(23(22)2)24-10-4-3-5-11-24)21-30(35)34(20-27-14-8-9-15-29(27)32)28-18-25-12-6-7-13-26(25)19-28/h3-15,28,31H,16-21H2,1-2H3. The van der Waals surface area contributed by atoms with E-state index in [1.165, 1.54) is 33.9 Å². The van der Waals surface area contributed by atoms with E-state index in [-0.39, 0.29) is 23.8 Å². The molecule has 1 aliphatic heterocycles. The maximum Gasteiger partial charge on any atom is 0.237 e. The molecule has 0 aromatic heterocycles. The number of hydrogen-bond acceptors (Lipinski definition) is 2. The van der Waals surface area contributed by atoms with Gasteiger partial charge in [-0.25, -0.2) is 4.39 Å². The highest BCUT2D eigenvalue weighted by atomic mass is 19.1. The van der Waals surface area contributed by atoms with Crippen molar-refractivity contribution in [1.29, 1.82) is 0 Å². The molecule has 1 heterocycles. The maximum atomic E-state index is 14.6. The maximum absolute atomic E-state index is 14.6. The molecule has 1 amide bonds. The van der Waals surface area contributed by atoms with Crippen molar-refractivity contribution < 1.29 is 9.18 Å². The molecule has 1 unspecified atom stereocenters. The van der Waals surface area contributed by atoms with Crippen molar-refractivity contribution in [2.75, 3.05) is 13.1 Å². The summed E-state index contributed by atoms with van der Waals surface area (Å²) < 4.78 is 14.6. The Kier molecular flexibility index (Phi) is 6.83. The van der Waals surface area contributed by atoms with Crippen LogP contribution in [0, 0.1) is 5.82 Å². The van der Waals surface area contributed by atoms with Crippen LogP contribution in [0.5, 0.6) is 0 Å². The molecule has 0 N–H and O–H groups in total. The summed E-state index contributed by atoms with van der Waals surface area (Å²) in [6.07, 6.45) is 2.59. The minimum Gasteiger partial charge on any atom is -0.333 e. The molecule has 180 valence electrons. The molecule has 1 aliphatic carbocycles. The molecule has 1 atom stereocenters. The zero-order chi connectivity index (χ0) is 24.4. The van der Waals surface area contributed by atoms with Crippen LogP contribution in [0.15, 0.2) is 90.0 Å². The minimum absolute atomic E-state index is 0.0397. The van der Waals surface area contributed by atoms with Gasteiger partial charge in [0.1, 0.15) is 5.82 Å². The summed E-state index contributed by atoms with van der Waals surface area (Å²) in [4.78, 5) is 18.2. The van der Waals surface area contributed by atoms with Crippen LogP contribution in [0.4, 0.5) is 4.39 Å². The topological polar surface area (TPSA) is 23.6 Å². The van der Waals surface area contributed by atoms with Gasteiger partial charge in [-0.05, 0) is 55.9 Å². The lowest BCUT2D eigenvalue weighted by Crippen LogP contribution is -2.47. The van der Waals surface area contributed by atoms with Gasteiger partial charge < -0.3 is 4.90 Å². The first kappa shape index (κ1) is 23.5. The quantitative estimate of drug-likeness (QED) is 0.408. The number of rotatable bonds is 6. The number of benzene rings is 3. The van der Waals surface area contributed by atoms with E-state index in [0.29, 0.717) is 18.7 Å². The number of fused-ring (bicyclic) bond motifs is 1. The Morgan fingerprint density at radius 2 is 1.54 bits per heavy atom. The largest absolute Gasteiger partial charge is 0.333 e. The number of carbonyl (C=O) groups is 1. The van der Waals surface area contributed by atoms with E-state index in [2.05, 4.69) is 67.3 Å². The average molecular weight is 469 g/mol. The van der Waals surface area contributed by atoms with Crippen LogP contribution in [-0.4, -0.2) is 34.8 Å². The van der Waals surface area contributed by atoms with Crippen molar-refractivity contribution in [3.63, 3.8) is 0 Å². The van der Waals surface area contributed by atoms with E-state index in [9.17, 15) is 9.18 Å². The fourth-order valence-electron chi connectivity index (χ4n) is 5.66. The van der Waals surface area contributed by atoms with Crippen LogP contribution in [0.3, 0.4) is 0 Å². The van der Waals surface area contributed by atoms with Gasteiger partial charge in [-0.15, -0.1) is 0 Å². The molecule has 0 bridgehead atoms. The lowest BCUT2D eigenvalue weighted by molar-refractivity contribution is -0.136. The zero-order valence-electron chi connectivity index (χ0n) is 20.6. The Morgan fingerprint density at radius 1 is 0.914 bits per heavy atom. The summed E-state index contributed by atoms with van der Waals surface area (Å²) in [6, 6.07) is 25.8. The Labute approximate surface area is 207 Å². The highest BCUT2D eigenvalue weighted by molar-refractivity contribution is 5.79. The Morgan fingerprint density at radius 3 is 2.23 bits per heavy atom.